The average molecular weight is 458 g/mol. The van der Waals surface area contributed by atoms with E-state index in [2.05, 4.69) is 15.0 Å². The van der Waals surface area contributed by atoms with Gasteiger partial charge in [0.05, 0.1) is 11.1 Å². The van der Waals surface area contributed by atoms with Crippen LogP contribution in [-0.4, -0.2) is 17.3 Å². The topological polar surface area (TPSA) is 80.4 Å². The molecule has 0 fully saturated rings. The third kappa shape index (κ3) is 6.03. The molecule has 0 bridgehead atoms. The van der Waals surface area contributed by atoms with Gasteiger partial charge in [0.2, 0.25) is 5.56 Å². The Hall–Kier alpha value is -3.96. The molecule has 1 aromatic heterocycles. The minimum atomic E-state index is -4.90. The maximum absolute atomic E-state index is 13.1. The summed E-state index contributed by atoms with van der Waals surface area (Å²) in [6.45, 7) is 0. The molecule has 6 nitrogen and oxygen atoms in total. The van der Waals surface area contributed by atoms with Crippen molar-refractivity contribution in [2.75, 3.05) is 5.32 Å². The third-order valence-corrected chi connectivity index (χ3v) is 3.87. The van der Waals surface area contributed by atoms with Crippen LogP contribution in [0.4, 0.5) is 32.0 Å². The van der Waals surface area contributed by atoms with E-state index in [1.165, 1.54) is 12.3 Å². The van der Waals surface area contributed by atoms with E-state index in [1.807, 2.05) is 0 Å². The van der Waals surface area contributed by atoms with Crippen LogP contribution >= 0.6 is 0 Å². The van der Waals surface area contributed by atoms with Crippen LogP contribution < -0.4 is 20.3 Å². The number of ether oxygens (including phenoxy) is 2. The lowest BCUT2D eigenvalue weighted by atomic mass is 10.1. The number of H-pyrrole nitrogens is 1. The Morgan fingerprint density at radius 3 is 2.12 bits per heavy atom. The number of anilines is 1. The molecular formula is C20H12F6N2O4. The predicted octanol–water partition coefficient (Wildman–Crippen LogP) is 5.34. The van der Waals surface area contributed by atoms with Gasteiger partial charge in [-0.1, -0.05) is 0 Å². The standard InChI is InChI=1S/C20H12F6N2O4/c21-19(22,23)11-1-6-16(31-13-2-4-14(5-3-13)32-20(24,25)26)15(9-11)18(30)28-12-7-8-27-17(29)10-12/h1-10H,(H2,27,28,29,30). The molecule has 0 aliphatic carbocycles. The highest BCUT2D eigenvalue weighted by atomic mass is 19.4. The SMILES string of the molecule is O=C(Nc1cc[nH]c(=O)c1)c1cc(C(F)(F)F)ccc1Oc1ccc(OC(F)(F)F)cc1. The molecule has 2 N–H and O–H groups in total. The number of aromatic nitrogens is 1. The molecule has 32 heavy (non-hydrogen) atoms. The maximum Gasteiger partial charge on any atom is 0.573 e. The van der Waals surface area contributed by atoms with Crippen molar-refractivity contribution in [3.63, 3.8) is 0 Å². The Morgan fingerprint density at radius 2 is 1.53 bits per heavy atom. The van der Waals surface area contributed by atoms with Crippen molar-refractivity contribution in [3.8, 4) is 17.2 Å². The van der Waals surface area contributed by atoms with E-state index in [-0.39, 0.29) is 17.2 Å². The molecule has 0 spiro atoms. The average Bonchev–Trinajstić information content (AvgIpc) is 2.68. The maximum atomic E-state index is 13.1. The highest BCUT2D eigenvalue weighted by molar-refractivity contribution is 6.06. The van der Waals surface area contributed by atoms with Gasteiger partial charge in [0, 0.05) is 18.0 Å². The van der Waals surface area contributed by atoms with Crippen LogP contribution in [0, 0.1) is 0 Å². The van der Waals surface area contributed by atoms with E-state index in [9.17, 15) is 35.9 Å². The number of alkyl halides is 6. The minimum absolute atomic E-state index is 0.0239. The first-order chi connectivity index (χ1) is 14.9. The van der Waals surface area contributed by atoms with Crippen LogP contribution in [0.25, 0.3) is 0 Å². The Balaban J connectivity index is 1.91. The molecule has 0 saturated carbocycles. The second-order valence-electron chi connectivity index (χ2n) is 6.23. The van der Waals surface area contributed by atoms with Crippen molar-refractivity contribution >= 4 is 11.6 Å². The number of amides is 1. The summed E-state index contributed by atoms with van der Waals surface area (Å²) in [5.74, 6) is -1.91. The number of halogens is 6. The highest BCUT2D eigenvalue weighted by Crippen LogP contribution is 2.35. The van der Waals surface area contributed by atoms with Crippen molar-refractivity contribution < 1.29 is 40.6 Å². The van der Waals surface area contributed by atoms with Crippen LogP contribution in [0.5, 0.6) is 17.2 Å². The number of hydrogen-bond donors (Lipinski definition) is 2. The largest absolute Gasteiger partial charge is 0.573 e. The second-order valence-corrected chi connectivity index (χ2v) is 6.23. The molecule has 168 valence electrons. The van der Waals surface area contributed by atoms with E-state index in [0.717, 1.165) is 36.4 Å². The van der Waals surface area contributed by atoms with Gasteiger partial charge in [-0.05, 0) is 48.5 Å². The Morgan fingerprint density at radius 1 is 0.875 bits per heavy atom. The van der Waals surface area contributed by atoms with E-state index in [1.54, 1.807) is 0 Å². The Bertz CT molecular complexity index is 1170. The molecule has 0 unspecified atom stereocenters. The van der Waals surface area contributed by atoms with Crippen molar-refractivity contribution in [1.29, 1.82) is 0 Å². The molecule has 0 saturated heterocycles. The zero-order valence-corrected chi connectivity index (χ0v) is 15.7. The van der Waals surface area contributed by atoms with Crippen LogP contribution in [0.3, 0.4) is 0 Å². The first-order valence-corrected chi connectivity index (χ1v) is 8.66. The molecule has 0 radical (unpaired) electrons. The molecule has 3 rings (SSSR count). The number of rotatable bonds is 5. The third-order valence-electron chi connectivity index (χ3n) is 3.87. The molecule has 0 atom stereocenters. The van der Waals surface area contributed by atoms with Gasteiger partial charge in [0.1, 0.15) is 17.2 Å². The fourth-order valence-corrected chi connectivity index (χ4v) is 2.53. The van der Waals surface area contributed by atoms with Gasteiger partial charge in [-0.3, -0.25) is 9.59 Å². The first-order valence-electron chi connectivity index (χ1n) is 8.66. The number of aromatic amines is 1. The van der Waals surface area contributed by atoms with E-state index in [4.69, 9.17) is 4.74 Å². The van der Waals surface area contributed by atoms with E-state index < -0.39 is 40.9 Å². The summed E-state index contributed by atoms with van der Waals surface area (Å²) in [5, 5.41) is 2.29. The minimum Gasteiger partial charge on any atom is -0.457 e. The zero-order chi connectivity index (χ0) is 23.5. The number of carbonyl (C=O) groups is 1. The van der Waals surface area contributed by atoms with Crippen molar-refractivity contribution in [2.24, 2.45) is 0 Å². The fraction of sp³-hybridized carbons (Fsp3) is 0.100. The lowest BCUT2D eigenvalue weighted by molar-refractivity contribution is -0.274. The molecular weight excluding hydrogens is 446 g/mol. The van der Waals surface area contributed by atoms with Gasteiger partial charge >= 0.3 is 12.5 Å². The molecule has 1 heterocycles. The smallest absolute Gasteiger partial charge is 0.457 e. The number of carbonyl (C=O) groups excluding carboxylic acids is 1. The van der Waals surface area contributed by atoms with E-state index in [0.29, 0.717) is 12.1 Å². The summed E-state index contributed by atoms with van der Waals surface area (Å²) in [6, 6.07) is 8.49. The van der Waals surface area contributed by atoms with Gasteiger partial charge in [0.15, 0.2) is 0 Å². The fourth-order valence-electron chi connectivity index (χ4n) is 2.53. The Labute approximate surface area is 175 Å². The molecule has 12 heteroatoms. The van der Waals surface area contributed by atoms with Crippen LogP contribution in [-0.2, 0) is 6.18 Å². The lowest BCUT2D eigenvalue weighted by Gasteiger charge is -2.15. The number of benzene rings is 2. The number of pyridine rings is 1. The van der Waals surface area contributed by atoms with Gasteiger partial charge in [-0.25, -0.2) is 0 Å². The van der Waals surface area contributed by atoms with Gasteiger partial charge in [-0.15, -0.1) is 13.2 Å². The summed E-state index contributed by atoms with van der Waals surface area (Å²) >= 11 is 0. The zero-order valence-electron chi connectivity index (χ0n) is 15.7. The predicted molar refractivity (Wildman–Crippen MR) is 99.7 cm³/mol. The van der Waals surface area contributed by atoms with Crippen LogP contribution in [0.1, 0.15) is 15.9 Å². The molecule has 2 aromatic carbocycles. The lowest BCUT2D eigenvalue weighted by Crippen LogP contribution is -2.17. The quantitative estimate of drug-likeness (QED) is 0.506. The summed E-state index contributed by atoms with van der Waals surface area (Å²) in [4.78, 5) is 26.3. The normalized spacial score (nSPS) is 11.7. The second kappa shape index (κ2) is 8.65. The van der Waals surface area contributed by atoms with Crippen LogP contribution in [0.2, 0.25) is 0 Å². The molecule has 0 aliphatic heterocycles. The van der Waals surface area contributed by atoms with Crippen molar-refractivity contribution in [1.82, 2.24) is 4.98 Å². The first kappa shape index (κ1) is 22.7. The van der Waals surface area contributed by atoms with Crippen LogP contribution in [0.15, 0.2) is 65.6 Å². The summed E-state index contributed by atoms with van der Waals surface area (Å²) < 4.78 is 85.3. The Kier molecular flexibility index (Phi) is 6.14. The number of nitrogens with one attached hydrogen (secondary N) is 2. The van der Waals surface area contributed by atoms with Crippen molar-refractivity contribution in [2.45, 2.75) is 12.5 Å². The summed E-state index contributed by atoms with van der Waals surface area (Å²) in [7, 11) is 0. The highest BCUT2D eigenvalue weighted by Gasteiger charge is 2.33. The van der Waals surface area contributed by atoms with E-state index >= 15 is 0 Å². The monoisotopic (exact) mass is 458 g/mol. The van der Waals surface area contributed by atoms with Crippen molar-refractivity contribution in [3.05, 3.63) is 82.3 Å². The van der Waals surface area contributed by atoms with Gasteiger partial charge < -0.3 is 19.8 Å². The number of hydrogen-bond acceptors (Lipinski definition) is 4. The van der Waals surface area contributed by atoms with Gasteiger partial charge in [0.25, 0.3) is 5.91 Å². The molecule has 3 aromatic rings. The molecule has 1 amide bonds. The van der Waals surface area contributed by atoms with Gasteiger partial charge in [-0.2, -0.15) is 13.2 Å². The summed E-state index contributed by atoms with van der Waals surface area (Å²) in [5.41, 5.74) is -2.18. The summed E-state index contributed by atoms with van der Waals surface area (Å²) in [6.07, 6.45) is -8.43. The molecule has 0 aliphatic rings.